The Balaban J connectivity index is 1.93. The molecule has 0 radical (unpaired) electrons. The minimum atomic E-state index is -0.893. The van der Waals surface area contributed by atoms with Gasteiger partial charge in [0.05, 0.1) is 18.1 Å². The number of amides is 2. The van der Waals surface area contributed by atoms with Crippen molar-refractivity contribution in [2.24, 2.45) is 0 Å². The van der Waals surface area contributed by atoms with Crippen LogP contribution in [0.1, 0.15) is 26.7 Å². The van der Waals surface area contributed by atoms with Gasteiger partial charge in [0, 0.05) is 17.5 Å². The van der Waals surface area contributed by atoms with Gasteiger partial charge in [0.15, 0.2) is 5.82 Å². The lowest BCUT2D eigenvalue weighted by atomic mass is 9.99. The molecule has 1 aromatic heterocycles. The standard InChI is InChI=1S/C17H20N4O3/c1-17(2,9-8-14(22)23)21-16(24)20-13-10-18-15(19-11-13)12-6-4-3-5-7-12/h3-7,10-11H,8-9H2,1-2H3,(H,22,23)(H2,20,21,24). The summed E-state index contributed by atoms with van der Waals surface area (Å²) in [6.45, 7) is 3.54. The van der Waals surface area contributed by atoms with Crippen LogP contribution in [-0.2, 0) is 4.79 Å². The zero-order valence-corrected chi connectivity index (χ0v) is 13.6. The van der Waals surface area contributed by atoms with Crippen molar-refractivity contribution in [1.82, 2.24) is 15.3 Å². The van der Waals surface area contributed by atoms with E-state index in [4.69, 9.17) is 5.11 Å². The number of hydrogen-bond donors (Lipinski definition) is 3. The Labute approximate surface area is 140 Å². The third kappa shape index (κ3) is 5.35. The van der Waals surface area contributed by atoms with Gasteiger partial charge in [-0.05, 0) is 20.3 Å². The van der Waals surface area contributed by atoms with Gasteiger partial charge in [-0.25, -0.2) is 14.8 Å². The molecule has 2 aromatic rings. The molecule has 0 atom stereocenters. The van der Waals surface area contributed by atoms with E-state index in [2.05, 4.69) is 20.6 Å². The molecule has 1 aromatic carbocycles. The first-order valence-corrected chi connectivity index (χ1v) is 7.54. The number of nitrogens with zero attached hydrogens (tertiary/aromatic N) is 2. The first kappa shape index (κ1) is 17.4. The van der Waals surface area contributed by atoms with Crippen LogP contribution in [0.5, 0.6) is 0 Å². The molecule has 3 N–H and O–H groups in total. The van der Waals surface area contributed by atoms with Crippen LogP contribution in [-0.4, -0.2) is 32.6 Å². The van der Waals surface area contributed by atoms with E-state index in [0.29, 0.717) is 17.9 Å². The molecule has 2 rings (SSSR count). The van der Waals surface area contributed by atoms with Gasteiger partial charge in [-0.15, -0.1) is 0 Å². The van der Waals surface area contributed by atoms with Gasteiger partial charge in [0.25, 0.3) is 0 Å². The van der Waals surface area contributed by atoms with Gasteiger partial charge >= 0.3 is 12.0 Å². The largest absolute Gasteiger partial charge is 0.481 e. The quantitative estimate of drug-likeness (QED) is 0.756. The van der Waals surface area contributed by atoms with Crippen LogP contribution >= 0.6 is 0 Å². The average molecular weight is 328 g/mol. The van der Waals surface area contributed by atoms with E-state index in [-0.39, 0.29) is 6.42 Å². The molecule has 0 spiro atoms. The molecule has 126 valence electrons. The fourth-order valence-corrected chi connectivity index (χ4v) is 2.08. The molecule has 0 saturated heterocycles. The molecule has 7 heteroatoms. The molecule has 0 aliphatic rings. The summed E-state index contributed by atoms with van der Waals surface area (Å²) >= 11 is 0. The molecule has 24 heavy (non-hydrogen) atoms. The minimum absolute atomic E-state index is 0.0117. The van der Waals surface area contributed by atoms with Crippen LogP contribution in [0.3, 0.4) is 0 Å². The first-order chi connectivity index (χ1) is 11.4. The van der Waals surface area contributed by atoms with Crippen molar-refractivity contribution in [1.29, 1.82) is 0 Å². The summed E-state index contributed by atoms with van der Waals surface area (Å²) in [6, 6.07) is 9.09. The molecule has 7 nitrogen and oxygen atoms in total. The van der Waals surface area contributed by atoms with Gasteiger partial charge in [0.2, 0.25) is 0 Å². The number of aliphatic carboxylic acids is 1. The Hall–Kier alpha value is -2.96. The van der Waals surface area contributed by atoms with Gasteiger partial charge in [-0.2, -0.15) is 0 Å². The summed E-state index contributed by atoms with van der Waals surface area (Å²) in [4.78, 5) is 31.1. The molecular weight excluding hydrogens is 308 g/mol. The smallest absolute Gasteiger partial charge is 0.319 e. The Morgan fingerprint density at radius 3 is 2.33 bits per heavy atom. The van der Waals surface area contributed by atoms with Gasteiger partial charge in [-0.3, -0.25) is 4.79 Å². The van der Waals surface area contributed by atoms with E-state index in [0.717, 1.165) is 5.56 Å². The highest BCUT2D eigenvalue weighted by Crippen LogP contribution is 2.15. The van der Waals surface area contributed by atoms with Crippen molar-refractivity contribution >= 4 is 17.7 Å². The monoisotopic (exact) mass is 328 g/mol. The Morgan fingerprint density at radius 2 is 1.75 bits per heavy atom. The van der Waals surface area contributed by atoms with Crippen molar-refractivity contribution in [2.75, 3.05) is 5.32 Å². The Bertz CT molecular complexity index is 700. The summed E-state index contributed by atoms with van der Waals surface area (Å²) in [6.07, 6.45) is 3.37. The number of benzene rings is 1. The number of carbonyl (C=O) groups excluding carboxylic acids is 1. The van der Waals surface area contributed by atoms with Crippen LogP contribution in [0, 0.1) is 0 Å². The van der Waals surface area contributed by atoms with Crippen molar-refractivity contribution < 1.29 is 14.7 Å². The fraction of sp³-hybridized carbons (Fsp3) is 0.294. The number of rotatable bonds is 6. The van der Waals surface area contributed by atoms with Gasteiger partial charge in [0.1, 0.15) is 0 Å². The third-order valence-electron chi connectivity index (χ3n) is 3.36. The molecule has 0 bridgehead atoms. The lowest BCUT2D eigenvalue weighted by Crippen LogP contribution is -2.45. The topological polar surface area (TPSA) is 104 Å². The summed E-state index contributed by atoms with van der Waals surface area (Å²) < 4.78 is 0. The van der Waals surface area contributed by atoms with Crippen LogP contribution in [0.2, 0.25) is 0 Å². The van der Waals surface area contributed by atoms with E-state index >= 15 is 0 Å². The molecule has 0 aliphatic heterocycles. The molecule has 0 unspecified atom stereocenters. The Morgan fingerprint density at radius 1 is 1.12 bits per heavy atom. The summed E-state index contributed by atoms with van der Waals surface area (Å²) in [7, 11) is 0. The number of hydrogen-bond acceptors (Lipinski definition) is 4. The second-order valence-corrected chi connectivity index (χ2v) is 6.02. The number of anilines is 1. The zero-order valence-electron chi connectivity index (χ0n) is 13.6. The zero-order chi connectivity index (χ0) is 17.6. The summed E-state index contributed by atoms with van der Waals surface area (Å²) in [5.41, 5.74) is 0.720. The Kier molecular flexibility index (Phi) is 5.47. The average Bonchev–Trinajstić information content (AvgIpc) is 2.54. The van der Waals surface area contributed by atoms with Crippen LogP contribution < -0.4 is 10.6 Å². The van der Waals surface area contributed by atoms with Crippen molar-refractivity contribution in [3.05, 3.63) is 42.7 Å². The highest BCUT2D eigenvalue weighted by molar-refractivity contribution is 5.89. The maximum Gasteiger partial charge on any atom is 0.319 e. The highest BCUT2D eigenvalue weighted by atomic mass is 16.4. The lowest BCUT2D eigenvalue weighted by Gasteiger charge is -2.25. The maximum absolute atomic E-state index is 12.0. The van der Waals surface area contributed by atoms with E-state index < -0.39 is 17.5 Å². The molecule has 0 aliphatic carbocycles. The van der Waals surface area contributed by atoms with Crippen molar-refractivity contribution in [3.63, 3.8) is 0 Å². The van der Waals surface area contributed by atoms with E-state index in [9.17, 15) is 9.59 Å². The van der Waals surface area contributed by atoms with Gasteiger partial charge in [-0.1, -0.05) is 30.3 Å². The number of carboxylic acids is 1. The third-order valence-corrected chi connectivity index (χ3v) is 3.36. The van der Waals surface area contributed by atoms with Crippen LogP contribution in [0.25, 0.3) is 11.4 Å². The molecular formula is C17H20N4O3. The predicted octanol–water partition coefficient (Wildman–Crippen LogP) is 2.91. The number of aromatic nitrogens is 2. The fourth-order valence-electron chi connectivity index (χ4n) is 2.08. The summed E-state index contributed by atoms with van der Waals surface area (Å²) in [5.74, 6) is -0.321. The normalized spacial score (nSPS) is 10.9. The second-order valence-electron chi connectivity index (χ2n) is 6.02. The summed E-state index contributed by atoms with van der Waals surface area (Å²) in [5, 5.41) is 14.1. The molecule has 1 heterocycles. The predicted molar refractivity (Wildman–Crippen MR) is 90.6 cm³/mol. The van der Waals surface area contributed by atoms with Crippen molar-refractivity contribution in [3.8, 4) is 11.4 Å². The molecule has 0 fully saturated rings. The SMILES string of the molecule is CC(C)(CCC(=O)O)NC(=O)Nc1cnc(-c2ccccc2)nc1. The number of carboxylic acid groups (broad SMARTS) is 1. The number of nitrogens with one attached hydrogen (secondary N) is 2. The lowest BCUT2D eigenvalue weighted by molar-refractivity contribution is -0.137. The first-order valence-electron chi connectivity index (χ1n) is 7.54. The van der Waals surface area contributed by atoms with Crippen LogP contribution in [0.15, 0.2) is 42.7 Å². The number of carbonyl (C=O) groups is 2. The molecule has 2 amide bonds. The van der Waals surface area contributed by atoms with Gasteiger partial charge < -0.3 is 15.7 Å². The van der Waals surface area contributed by atoms with E-state index in [1.165, 1.54) is 12.4 Å². The van der Waals surface area contributed by atoms with E-state index in [1.807, 2.05) is 30.3 Å². The minimum Gasteiger partial charge on any atom is -0.481 e. The maximum atomic E-state index is 12.0. The van der Waals surface area contributed by atoms with Crippen molar-refractivity contribution in [2.45, 2.75) is 32.2 Å². The highest BCUT2D eigenvalue weighted by Gasteiger charge is 2.21. The second kappa shape index (κ2) is 7.54. The number of urea groups is 1. The molecule has 0 saturated carbocycles. The van der Waals surface area contributed by atoms with Crippen LogP contribution in [0.4, 0.5) is 10.5 Å². The van der Waals surface area contributed by atoms with E-state index in [1.54, 1.807) is 13.8 Å².